The van der Waals surface area contributed by atoms with Gasteiger partial charge >= 0.3 is 0 Å². The second kappa shape index (κ2) is 6.39. The molecule has 0 unspecified atom stereocenters. The van der Waals surface area contributed by atoms with Crippen LogP contribution in [0.15, 0.2) is 65.8 Å². The van der Waals surface area contributed by atoms with E-state index in [1.807, 2.05) is 78.5 Å². The minimum Gasteiger partial charge on any atom is -0.316 e. The third-order valence-electron chi connectivity index (χ3n) is 3.37. The van der Waals surface area contributed by atoms with Crippen LogP contribution < -0.4 is 0 Å². The predicted octanol–water partition coefficient (Wildman–Crippen LogP) is 5.84. The maximum atomic E-state index is 6.21. The van der Waals surface area contributed by atoms with Crippen LogP contribution in [0.3, 0.4) is 0 Å². The number of aryl methyl sites for hydroxylation is 1. The van der Waals surface area contributed by atoms with Gasteiger partial charge in [0.2, 0.25) is 0 Å². The average Bonchev–Trinajstić information content (AvgIpc) is 2.96. The summed E-state index contributed by atoms with van der Waals surface area (Å²) in [5.41, 5.74) is 3.86. The van der Waals surface area contributed by atoms with Crippen LogP contribution in [-0.2, 0) is 0 Å². The van der Waals surface area contributed by atoms with Gasteiger partial charge in [-0.05, 0) is 55.0 Å². The third-order valence-corrected chi connectivity index (χ3v) is 4.01. The number of benzene rings is 2. The fourth-order valence-corrected chi connectivity index (χ4v) is 2.52. The zero-order valence-electron chi connectivity index (χ0n) is 12.0. The van der Waals surface area contributed by atoms with E-state index in [9.17, 15) is 0 Å². The van der Waals surface area contributed by atoms with Crippen LogP contribution in [0.2, 0.25) is 10.0 Å². The Morgan fingerprint density at radius 3 is 2.64 bits per heavy atom. The van der Waals surface area contributed by atoms with E-state index in [1.165, 1.54) is 0 Å². The zero-order chi connectivity index (χ0) is 15.5. The zero-order valence-corrected chi connectivity index (χ0v) is 13.5. The van der Waals surface area contributed by atoms with Crippen LogP contribution in [0.5, 0.6) is 0 Å². The number of hydrogen-bond donors (Lipinski definition) is 0. The van der Waals surface area contributed by atoms with Crippen molar-refractivity contribution in [2.75, 3.05) is 0 Å². The summed E-state index contributed by atoms with van der Waals surface area (Å²) < 4.78 is 2.04. The molecule has 0 saturated heterocycles. The van der Waals surface area contributed by atoms with E-state index in [2.05, 4.69) is 4.99 Å². The van der Waals surface area contributed by atoms with Crippen LogP contribution in [0.1, 0.15) is 11.3 Å². The van der Waals surface area contributed by atoms with Gasteiger partial charge in [-0.1, -0.05) is 35.3 Å². The van der Waals surface area contributed by atoms with Gasteiger partial charge in [0.25, 0.3) is 0 Å². The lowest BCUT2D eigenvalue weighted by molar-refractivity contribution is 1.06. The maximum absolute atomic E-state index is 6.21. The van der Waals surface area contributed by atoms with Gasteiger partial charge in [0.05, 0.1) is 17.6 Å². The molecule has 0 aliphatic rings. The summed E-state index contributed by atoms with van der Waals surface area (Å²) in [6.45, 7) is 1.99. The molecule has 22 heavy (non-hydrogen) atoms. The Hall–Kier alpha value is -2.03. The fourth-order valence-electron chi connectivity index (χ4n) is 2.16. The van der Waals surface area contributed by atoms with Gasteiger partial charge < -0.3 is 4.57 Å². The fraction of sp³-hybridized carbons (Fsp3) is 0.0556. The third kappa shape index (κ3) is 3.24. The summed E-state index contributed by atoms with van der Waals surface area (Å²) in [6, 6.07) is 17.4. The lowest BCUT2D eigenvalue weighted by Crippen LogP contribution is -1.98. The second-order valence-electron chi connectivity index (χ2n) is 4.97. The number of hydrogen-bond acceptors (Lipinski definition) is 1. The van der Waals surface area contributed by atoms with Gasteiger partial charge in [-0.2, -0.15) is 0 Å². The topological polar surface area (TPSA) is 17.3 Å². The largest absolute Gasteiger partial charge is 0.316 e. The summed E-state index contributed by atoms with van der Waals surface area (Å²) in [5.74, 6) is 0. The highest BCUT2D eigenvalue weighted by atomic mass is 35.5. The highest BCUT2D eigenvalue weighted by molar-refractivity contribution is 6.31. The Morgan fingerprint density at radius 2 is 1.86 bits per heavy atom. The highest BCUT2D eigenvalue weighted by Crippen LogP contribution is 2.21. The molecule has 0 aliphatic carbocycles. The van der Waals surface area contributed by atoms with Crippen LogP contribution in [0.25, 0.3) is 5.69 Å². The highest BCUT2D eigenvalue weighted by Gasteiger charge is 2.03. The molecule has 0 fully saturated rings. The average molecular weight is 329 g/mol. The van der Waals surface area contributed by atoms with Gasteiger partial charge in [0.1, 0.15) is 0 Å². The Kier molecular flexibility index (Phi) is 4.32. The van der Waals surface area contributed by atoms with E-state index in [1.54, 1.807) is 0 Å². The molecular weight excluding hydrogens is 315 g/mol. The SMILES string of the molecule is Cc1ccc(-n2cccc2C=Nc2cccc(Cl)c2)cc1Cl. The van der Waals surface area contributed by atoms with Crippen molar-refractivity contribution in [3.05, 3.63) is 82.1 Å². The molecule has 0 bridgehead atoms. The minimum atomic E-state index is 0.676. The molecule has 2 nitrogen and oxygen atoms in total. The lowest BCUT2D eigenvalue weighted by atomic mass is 10.2. The molecule has 2 aromatic carbocycles. The first kappa shape index (κ1) is 14.9. The van der Waals surface area contributed by atoms with Gasteiger partial charge in [-0.15, -0.1) is 0 Å². The van der Waals surface area contributed by atoms with Gasteiger partial charge in [0.15, 0.2) is 0 Å². The Morgan fingerprint density at radius 1 is 1.00 bits per heavy atom. The van der Waals surface area contributed by atoms with Crippen LogP contribution >= 0.6 is 23.2 Å². The molecule has 3 aromatic rings. The molecule has 0 amide bonds. The first-order valence-corrected chi connectivity index (χ1v) is 7.62. The van der Waals surface area contributed by atoms with Crippen LogP contribution in [0, 0.1) is 6.92 Å². The van der Waals surface area contributed by atoms with Crippen molar-refractivity contribution in [1.82, 2.24) is 4.57 Å². The molecule has 0 aliphatic heterocycles. The first-order valence-electron chi connectivity index (χ1n) is 6.87. The Labute approximate surface area is 139 Å². The monoisotopic (exact) mass is 328 g/mol. The summed E-state index contributed by atoms with van der Waals surface area (Å²) in [4.78, 5) is 4.47. The van der Waals surface area contributed by atoms with Crippen molar-refractivity contribution in [2.24, 2.45) is 4.99 Å². The van der Waals surface area contributed by atoms with Crippen LogP contribution in [-0.4, -0.2) is 10.8 Å². The van der Waals surface area contributed by atoms with Gasteiger partial charge in [0, 0.05) is 21.9 Å². The predicted molar refractivity (Wildman–Crippen MR) is 94.2 cm³/mol. The molecule has 0 atom stereocenters. The van der Waals surface area contributed by atoms with Crippen molar-refractivity contribution in [3.8, 4) is 5.69 Å². The molecule has 1 aromatic heterocycles. The van der Waals surface area contributed by atoms with Crippen LogP contribution in [0.4, 0.5) is 5.69 Å². The normalized spacial score (nSPS) is 11.2. The summed E-state index contributed by atoms with van der Waals surface area (Å²) in [6.07, 6.45) is 3.81. The van der Waals surface area contributed by atoms with Crippen molar-refractivity contribution in [1.29, 1.82) is 0 Å². The Bertz CT molecular complexity index is 835. The molecule has 0 spiro atoms. The van der Waals surface area contributed by atoms with E-state index in [0.717, 1.165) is 27.7 Å². The second-order valence-corrected chi connectivity index (χ2v) is 5.82. The molecular formula is C18H14Cl2N2. The molecule has 0 saturated carbocycles. The van der Waals surface area contributed by atoms with Crippen molar-refractivity contribution in [3.63, 3.8) is 0 Å². The van der Waals surface area contributed by atoms with Crippen molar-refractivity contribution < 1.29 is 0 Å². The van der Waals surface area contributed by atoms with Crippen molar-refractivity contribution >= 4 is 35.1 Å². The quantitative estimate of drug-likeness (QED) is 0.537. The van der Waals surface area contributed by atoms with E-state index >= 15 is 0 Å². The number of nitrogens with zero attached hydrogens (tertiary/aromatic N) is 2. The summed E-state index contributed by atoms with van der Waals surface area (Å²) in [7, 11) is 0. The number of halogens is 2. The first-order chi connectivity index (χ1) is 10.6. The van der Waals surface area contributed by atoms with Gasteiger partial charge in [-0.25, -0.2) is 0 Å². The molecule has 1 heterocycles. The number of aromatic nitrogens is 1. The van der Waals surface area contributed by atoms with Crippen molar-refractivity contribution in [2.45, 2.75) is 6.92 Å². The molecule has 0 radical (unpaired) electrons. The summed E-state index contributed by atoms with van der Waals surface area (Å²) in [5, 5.41) is 1.43. The van der Waals surface area contributed by atoms with E-state index < -0.39 is 0 Å². The number of rotatable bonds is 3. The molecule has 3 rings (SSSR count). The van der Waals surface area contributed by atoms with Gasteiger partial charge in [-0.3, -0.25) is 4.99 Å². The smallest absolute Gasteiger partial charge is 0.0645 e. The van der Waals surface area contributed by atoms with E-state index in [4.69, 9.17) is 23.2 Å². The van der Waals surface area contributed by atoms with E-state index in [0.29, 0.717) is 5.02 Å². The number of aliphatic imine (C=N–C) groups is 1. The lowest BCUT2D eigenvalue weighted by Gasteiger charge is -2.08. The molecule has 0 N–H and O–H groups in total. The molecule has 110 valence electrons. The van der Waals surface area contributed by atoms with E-state index in [-0.39, 0.29) is 0 Å². The molecule has 4 heteroatoms. The minimum absolute atomic E-state index is 0.676. The summed E-state index contributed by atoms with van der Waals surface area (Å²) >= 11 is 12.2. The Balaban J connectivity index is 1.93. The standard InChI is InChI=1S/C18H14Cl2N2/c1-13-7-8-16(11-18(13)20)22-9-3-6-17(22)12-21-15-5-2-4-14(19)10-15/h2-12H,1H3. The maximum Gasteiger partial charge on any atom is 0.0645 e.